The average Bonchev–Trinajstić information content (AvgIpc) is 3.61. The summed E-state index contributed by atoms with van der Waals surface area (Å²) in [5.41, 5.74) is 0.689. The Labute approximate surface area is 181 Å². The first-order valence-electron chi connectivity index (χ1n) is 10.9. The Bertz CT molecular complexity index is 1040. The molecule has 1 aromatic heterocycles. The first kappa shape index (κ1) is 21.2. The zero-order valence-electron chi connectivity index (χ0n) is 17.8. The van der Waals surface area contributed by atoms with E-state index in [4.69, 9.17) is 4.98 Å². The first-order chi connectivity index (χ1) is 15.1. The Morgan fingerprint density at radius 1 is 1.16 bits per heavy atom. The van der Waals surface area contributed by atoms with E-state index in [0.29, 0.717) is 68.8 Å². The van der Waals surface area contributed by atoms with Crippen molar-refractivity contribution >= 4 is 22.7 Å². The molecule has 2 fully saturated rings. The summed E-state index contributed by atoms with van der Waals surface area (Å²) < 4.78 is 1.80. The van der Waals surface area contributed by atoms with E-state index >= 15 is 0 Å². The highest BCUT2D eigenvalue weighted by Crippen LogP contribution is 2.34. The molecule has 1 saturated heterocycles. The number of aromatic nitrogens is 2. The monoisotopic (exact) mass is 423 g/mol. The number of amides is 2. The molecule has 4 rings (SSSR count). The molecule has 1 aliphatic carbocycles. The van der Waals surface area contributed by atoms with Gasteiger partial charge in [-0.05, 0) is 25.0 Å². The van der Waals surface area contributed by atoms with Crippen molar-refractivity contribution < 1.29 is 9.59 Å². The van der Waals surface area contributed by atoms with Crippen LogP contribution in [-0.4, -0.2) is 70.4 Å². The number of fused-ring (bicyclic) bond motifs is 1. The van der Waals surface area contributed by atoms with Crippen molar-refractivity contribution in [2.75, 3.05) is 39.3 Å². The standard InChI is InChI=1S/C23H29N5O3/c1-2-11-24-21(29)16-26-12-14-27(15-13-26)22(30)10-9-20-25-19-6-4-3-5-18(19)23(31)28(20)17-7-8-17/h2-6,17H,1,7-16H2,(H,24,29). The number of nitrogens with one attached hydrogen (secondary N) is 1. The van der Waals surface area contributed by atoms with Crippen LogP contribution in [0.2, 0.25) is 0 Å². The average molecular weight is 424 g/mol. The van der Waals surface area contributed by atoms with Crippen molar-refractivity contribution in [3.8, 4) is 0 Å². The van der Waals surface area contributed by atoms with Gasteiger partial charge in [0.05, 0.1) is 17.4 Å². The molecule has 1 aliphatic heterocycles. The van der Waals surface area contributed by atoms with E-state index in [0.717, 1.165) is 12.8 Å². The van der Waals surface area contributed by atoms with Crippen LogP contribution in [-0.2, 0) is 16.0 Å². The Hall–Kier alpha value is -3.00. The van der Waals surface area contributed by atoms with E-state index in [-0.39, 0.29) is 23.4 Å². The Morgan fingerprint density at radius 3 is 2.61 bits per heavy atom. The van der Waals surface area contributed by atoms with Gasteiger partial charge in [-0.25, -0.2) is 4.98 Å². The van der Waals surface area contributed by atoms with Crippen LogP contribution < -0.4 is 10.9 Å². The van der Waals surface area contributed by atoms with Crippen LogP contribution in [0.15, 0.2) is 41.7 Å². The van der Waals surface area contributed by atoms with Gasteiger partial charge in [-0.2, -0.15) is 0 Å². The molecule has 164 valence electrons. The van der Waals surface area contributed by atoms with Crippen molar-refractivity contribution in [2.24, 2.45) is 0 Å². The van der Waals surface area contributed by atoms with Gasteiger partial charge in [-0.15, -0.1) is 6.58 Å². The summed E-state index contributed by atoms with van der Waals surface area (Å²) in [6, 6.07) is 7.61. The molecule has 2 amide bonds. The summed E-state index contributed by atoms with van der Waals surface area (Å²) in [7, 11) is 0. The Morgan fingerprint density at radius 2 is 1.90 bits per heavy atom. The quantitative estimate of drug-likeness (QED) is 0.643. The number of piperazine rings is 1. The summed E-state index contributed by atoms with van der Waals surface area (Å²) in [4.78, 5) is 46.2. The summed E-state index contributed by atoms with van der Waals surface area (Å²) in [6.45, 7) is 6.95. The lowest BCUT2D eigenvalue weighted by atomic mass is 10.2. The number of carbonyl (C=O) groups excluding carboxylic acids is 2. The van der Waals surface area contributed by atoms with E-state index < -0.39 is 0 Å². The van der Waals surface area contributed by atoms with Gasteiger partial charge in [0.1, 0.15) is 5.82 Å². The Kier molecular flexibility index (Phi) is 6.46. The van der Waals surface area contributed by atoms with E-state index in [1.165, 1.54) is 0 Å². The van der Waals surface area contributed by atoms with Gasteiger partial charge >= 0.3 is 0 Å². The van der Waals surface area contributed by atoms with E-state index in [9.17, 15) is 14.4 Å². The molecule has 8 nitrogen and oxygen atoms in total. The molecule has 8 heteroatoms. The van der Waals surface area contributed by atoms with Crippen molar-refractivity contribution in [2.45, 2.75) is 31.7 Å². The first-order valence-corrected chi connectivity index (χ1v) is 10.9. The maximum Gasteiger partial charge on any atom is 0.261 e. The highest BCUT2D eigenvalue weighted by Gasteiger charge is 2.29. The van der Waals surface area contributed by atoms with Gasteiger partial charge in [0.15, 0.2) is 0 Å². The second kappa shape index (κ2) is 9.43. The number of benzene rings is 1. The number of hydrogen-bond donors (Lipinski definition) is 1. The number of hydrogen-bond acceptors (Lipinski definition) is 5. The molecule has 0 unspecified atom stereocenters. The SMILES string of the molecule is C=CCNC(=O)CN1CCN(C(=O)CCc2nc3ccccc3c(=O)n2C2CC2)CC1. The van der Waals surface area contributed by atoms with Crippen LogP contribution in [0.1, 0.15) is 31.1 Å². The largest absolute Gasteiger partial charge is 0.352 e. The second-order valence-corrected chi connectivity index (χ2v) is 8.20. The fourth-order valence-corrected chi connectivity index (χ4v) is 4.05. The molecule has 1 saturated carbocycles. The van der Waals surface area contributed by atoms with Crippen molar-refractivity contribution in [1.82, 2.24) is 24.7 Å². The lowest BCUT2D eigenvalue weighted by molar-refractivity contribution is -0.133. The Balaban J connectivity index is 1.35. The molecule has 0 atom stereocenters. The summed E-state index contributed by atoms with van der Waals surface area (Å²) >= 11 is 0. The molecule has 0 spiro atoms. The molecule has 0 bridgehead atoms. The summed E-state index contributed by atoms with van der Waals surface area (Å²) in [5.74, 6) is 0.748. The van der Waals surface area contributed by atoms with Crippen molar-refractivity contribution in [3.05, 3.63) is 53.1 Å². The molecule has 1 N–H and O–H groups in total. The van der Waals surface area contributed by atoms with Crippen LogP contribution in [0.4, 0.5) is 0 Å². The van der Waals surface area contributed by atoms with Gasteiger partial charge in [0.2, 0.25) is 11.8 Å². The van der Waals surface area contributed by atoms with Crippen LogP contribution in [0.3, 0.4) is 0 Å². The van der Waals surface area contributed by atoms with Gasteiger partial charge in [0, 0.05) is 51.6 Å². The van der Waals surface area contributed by atoms with Crippen LogP contribution >= 0.6 is 0 Å². The highest BCUT2D eigenvalue weighted by atomic mass is 16.2. The van der Waals surface area contributed by atoms with Crippen LogP contribution in [0.5, 0.6) is 0 Å². The zero-order valence-corrected chi connectivity index (χ0v) is 17.8. The number of rotatable bonds is 8. The third-order valence-electron chi connectivity index (χ3n) is 5.89. The lowest BCUT2D eigenvalue weighted by Crippen LogP contribution is -2.51. The molecular weight excluding hydrogens is 394 g/mol. The third-order valence-corrected chi connectivity index (χ3v) is 5.89. The smallest absolute Gasteiger partial charge is 0.261 e. The highest BCUT2D eigenvalue weighted by molar-refractivity contribution is 5.79. The minimum Gasteiger partial charge on any atom is -0.352 e. The number of carbonyl (C=O) groups is 2. The van der Waals surface area contributed by atoms with Gasteiger partial charge < -0.3 is 10.2 Å². The predicted molar refractivity (Wildman–Crippen MR) is 119 cm³/mol. The molecule has 1 aromatic carbocycles. The van der Waals surface area contributed by atoms with E-state index in [2.05, 4.69) is 16.8 Å². The van der Waals surface area contributed by atoms with E-state index in [1.807, 2.05) is 29.2 Å². The maximum atomic E-state index is 13.0. The fraction of sp³-hybridized carbons (Fsp3) is 0.478. The topological polar surface area (TPSA) is 87.5 Å². The number of para-hydroxylation sites is 1. The molecular formula is C23H29N5O3. The molecule has 31 heavy (non-hydrogen) atoms. The molecule has 2 heterocycles. The fourth-order valence-electron chi connectivity index (χ4n) is 4.05. The van der Waals surface area contributed by atoms with Crippen LogP contribution in [0, 0.1) is 0 Å². The number of aryl methyl sites for hydroxylation is 1. The van der Waals surface area contributed by atoms with Gasteiger partial charge in [-0.3, -0.25) is 23.9 Å². The zero-order chi connectivity index (χ0) is 21.8. The number of nitrogens with zero attached hydrogens (tertiary/aromatic N) is 4. The summed E-state index contributed by atoms with van der Waals surface area (Å²) in [5, 5.41) is 3.41. The summed E-state index contributed by atoms with van der Waals surface area (Å²) in [6.07, 6.45) is 4.42. The van der Waals surface area contributed by atoms with Crippen molar-refractivity contribution in [1.29, 1.82) is 0 Å². The van der Waals surface area contributed by atoms with Gasteiger partial charge in [0.25, 0.3) is 5.56 Å². The van der Waals surface area contributed by atoms with E-state index in [1.54, 1.807) is 10.6 Å². The molecule has 2 aromatic rings. The predicted octanol–water partition coefficient (Wildman–Crippen LogP) is 1.11. The maximum absolute atomic E-state index is 13.0. The van der Waals surface area contributed by atoms with Gasteiger partial charge in [-0.1, -0.05) is 18.2 Å². The molecule has 2 aliphatic rings. The minimum atomic E-state index is -0.0277. The normalized spacial score (nSPS) is 17.0. The minimum absolute atomic E-state index is 0.00102. The molecule has 0 radical (unpaired) electrons. The second-order valence-electron chi connectivity index (χ2n) is 8.20. The lowest BCUT2D eigenvalue weighted by Gasteiger charge is -2.34. The van der Waals surface area contributed by atoms with Crippen molar-refractivity contribution in [3.63, 3.8) is 0 Å². The van der Waals surface area contributed by atoms with Crippen LogP contribution in [0.25, 0.3) is 10.9 Å². The third kappa shape index (κ3) is 5.02.